The summed E-state index contributed by atoms with van der Waals surface area (Å²) >= 11 is 0. The molecule has 0 spiro atoms. The van der Waals surface area contributed by atoms with Crippen LogP contribution in [0.4, 0.5) is 4.79 Å². The van der Waals surface area contributed by atoms with Crippen LogP contribution in [-0.4, -0.2) is 18.1 Å². The number of ether oxygens (including phenoxy) is 2. The van der Waals surface area contributed by atoms with Gasteiger partial charge in [-0.25, -0.2) is 9.59 Å². The van der Waals surface area contributed by atoms with E-state index >= 15 is 0 Å². The van der Waals surface area contributed by atoms with E-state index in [1.54, 1.807) is 6.92 Å². The molecule has 32 heavy (non-hydrogen) atoms. The van der Waals surface area contributed by atoms with E-state index < -0.39 is 6.04 Å². The van der Waals surface area contributed by atoms with Crippen molar-refractivity contribution in [2.24, 2.45) is 5.92 Å². The van der Waals surface area contributed by atoms with Crippen LogP contribution < -0.4 is 15.4 Å². The number of rotatable bonds is 6. The van der Waals surface area contributed by atoms with Gasteiger partial charge in [0.25, 0.3) is 0 Å². The van der Waals surface area contributed by atoms with E-state index in [1.165, 1.54) is 6.42 Å². The van der Waals surface area contributed by atoms with Gasteiger partial charge >= 0.3 is 12.0 Å². The number of carbonyl (C=O) groups excluding carboxylic acids is 2. The van der Waals surface area contributed by atoms with Gasteiger partial charge in [0.2, 0.25) is 0 Å². The Labute approximate surface area is 189 Å². The number of nitrogens with one attached hydrogen (secondary N) is 2. The van der Waals surface area contributed by atoms with Gasteiger partial charge in [-0.1, -0.05) is 55.8 Å². The molecule has 2 aliphatic rings. The molecule has 1 aliphatic carbocycles. The van der Waals surface area contributed by atoms with Gasteiger partial charge in [-0.2, -0.15) is 0 Å². The van der Waals surface area contributed by atoms with Crippen LogP contribution in [-0.2, 0) is 16.1 Å². The Morgan fingerprint density at radius 1 is 1.06 bits per heavy atom. The highest BCUT2D eigenvalue weighted by Gasteiger charge is 2.34. The molecule has 4 rings (SSSR count). The Kier molecular flexibility index (Phi) is 6.78. The highest BCUT2D eigenvalue weighted by atomic mass is 16.5. The summed E-state index contributed by atoms with van der Waals surface area (Å²) in [6.45, 7) is 4.40. The van der Waals surface area contributed by atoms with Crippen LogP contribution in [0, 0.1) is 5.92 Å². The molecule has 0 bridgehead atoms. The molecule has 168 valence electrons. The summed E-state index contributed by atoms with van der Waals surface area (Å²) in [7, 11) is 0. The summed E-state index contributed by atoms with van der Waals surface area (Å²) < 4.78 is 11.7. The lowest BCUT2D eigenvalue weighted by atomic mass is 9.88. The maximum atomic E-state index is 13.1. The van der Waals surface area contributed by atoms with Crippen molar-refractivity contribution < 1.29 is 19.1 Å². The quantitative estimate of drug-likeness (QED) is 0.626. The fourth-order valence-corrected chi connectivity index (χ4v) is 4.41. The number of amides is 2. The first-order valence-electron chi connectivity index (χ1n) is 11.3. The van der Waals surface area contributed by atoms with E-state index in [0.29, 0.717) is 23.8 Å². The summed E-state index contributed by atoms with van der Waals surface area (Å²) in [5, 5.41) is 5.58. The second-order valence-corrected chi connectivity index (χ2v) is 8.71. The van der Waals surface area contributed by atoms with E-state index in [-0.39, 0.29) is 18.1 Å². The van der Waals surface area contributed by atoms with Gasteiger partial charge in [0.05, 0.1) is 11.6 Å². The second-order valence-electron chi connectivity index (χ2n) is 8.71. The molecule has 1 aliphatic heterocycles. The number of hydrogen-bond donors (Lipinski definition) is 2. The summed E-state index contributed by atoms with van der Waals surface area (Å²) in [5.74, 6) is 0.905. The molecule has 2 N–H and O–H groups in total. The highest BCUT2D eigenvalue weighted by Crippen LogP contribution is 2.31. The van der Waals surface area contributed by atoms with Crippen molar-refractivity contribution in [1.29, 1.82) is 0 Å². The maximum Gasteiger partial charge on any atom is 0.338 e. The number of benzene rings is 2. The van der Waals surface area contributed by atoms with Gasteiger partial charge < -0.3 is 20.1 Å². The molecule has 2 aromatic carbocycles. The van der Waals surface area contributed by atoms with Crippen LogP contribution in [0.2, 0.25) is 0 Å². The Morgan fingerprint density at radius 2 is 1.81 bits per heavy atom. The van der Waals surface area contributed by atoms with Gasteiger partial charge in [-0.3, -0.25) is 0 Å². The Hall–Kier alpha value is -3.28. The van der Waals surface area contributed by atoms with Crippen molar-refractivity contribution in [3.8, 4) is 5.75 Å². The summed E-state index contributed by atoms with van der Waals surface area (Å²) in [5.41, 5.74) is 2.86. The molecule has 3 atom stereocenters. The molecule has 1 fully saturated rings. The zero-order chi connectivity index (χ0) is 22.5. The molecular weight excluding hydrogens is 404 g/mol. The molecule has 1 saturated carbocycles. The minimum absolute atomic E-state index is 0.0707. The fourth-order valence-electron chi connectivity index (χ4n) is 4.41. The van der Waals surface area contributed by atoms with Gasteiger partial charge in [0, 0.05) is 5.70 Å². The first kappa shape index (κ1) is 21.9. The smallest absolute Gasteiger partial charge is 0.338 e. The first-order valence-corrected chi connectivity index (χ1v) is 11.3. The second kappa shape index (κ2) is 9.90. The molecule has 1 heterocycles. The van der Waals surface area contributed by atoms with Gasteiger partial charge in [-0.05, 0) is 55.4 Å². The van der Waals surface area contributed by atoms with Crippen LogP contribution in [0.5, 0.6) is 5.75 Å². The summed E-state index contributed by atoms with van der Waals surface area (Å²) in [6, 6.07) is 16.5. The van der Waals surface area contributed by atoms with Crippen molar-refractivity contribution in [2.75, 3.05) is 0 Å². The lowest BCUT2D eigenvalue weighted by molar-refractivity contribution is -0.146. The highest BCUT2D eigenvalue weighted by molar-refractivity contribution is 5.95. The van der Waals surface area contributed by atoms with Gasteiger partial charge in [-0.15, -0.1) is 0 Å². The Bertz CT molecular complexity index is 985. The Morgan fingerprint density at radius 3 is 2.53 bits per heavy atom. The lowest BCUT2D eigenvalue weighted by Gasteiger charge is -2.31. The first-order chi connectivity index (χ1) is 15.5. The standard InChI is InChI=1S/C26H30N2O4/c1-17-7-6-10-22(15-17)32-25(29)23-18(2)27-26(30)28-24(23)20-11-13-21(14-12-20)31-16-19-8-4-3-5-9-19/h3-5,8-9,11-14,17,22,24H,6-7,10,15-16H2,1-2H3,(H2,27,28,30)/t17-,22+,24+/m0/s1. The molecule has 6 nitrogen and oxygen atoms in total. The van der Waals surface area contributed by atoms with E-state index in [2.05, 4.69) is 17.6 Å². The largest absolute Gasteiger partial charge is 0.489 e. The van der Waals surface area contributed by atoms with Crippen molar-refractivity contribution in [3.05, 3.63) is 77.0 Å². The third-order valence-electron chi connectivity index (χ3n) is 6.11. The lowest BCUT2D eigenvalue weighted by Crippen LogP contribution is -2.45. The number of allylic oxidation sites excluding steroid dienone is 1. The topological polar surface area (TPSA) is 76.7 Å². The monoisotopic (exact) mass is 434 g/mol. The average molecular weight is 435 g/mol. The van der Waals surface area contributed by atoms with E-state index in [4.69, 9.17) is 9.47 Å². The molecule has 2 amide bonds. The number of urea groups is 1. The third kappa shape index (κ3) is 5.31. The van der Waals surface area contributed by atoms with Crippen LogP contribution in [0.3, 0.4) is 0 Å². The van der Waals surface area contributed by atoms with Crippen LogP contribution in [0.25, 0.3) is 0 Å². The minimum Gasteiger partial charge on any atom is -0.489 e. The van der Waals surface area contributed by atoms with Crippen molar-refractivity contribution in [2.45, 2.75) is 58.3 Å². The SMILES string of the molecule is CC1=C(C(=O)O[C@@H]2CCC[C@H](C)C2)[C@@H](c2ccc(OCc3ccccc3)cc2)NC(=O)N1. The van der Waals surface area contributed by atoms with Gasteiger partial charge in [0.15, 0.2) is 0 Å². The van der Waals surface area contributed by atoms with Crippen LogP contribution in [0.15, 0.2) is 65.9 Å². The van der Waals surface area contributed by atoms with E-state index in [0.717, 1.165) is 36.1 Å². The van der Waals surface area contributed by atoms with E-state index in [9.17, 15) is 9.59 Å². The predicted molar refractivity (Wildman–Crippen MR) is 122 cm³/mol. The summed E-state index contributed by atoms with van der Waals surface area (Å²) in [4.78, 5) is 25.3. The third-order valence-corrected chi connectivity index (χ3v) is 6.11. The molecular formula is C26H30N2O4. The van der Waals surface area contributed by atoms with Crippen molar-refractivity contribution >= 4 is 12.0 Å². The minimum atomic E-state index is -0.569. The van der Waals surface area contributed by atoms with Crippen LogP contribution in [0.1, 0.15) is 56.7 Å². The maximum absolute atomic E-state index is 13.1. The average Bonchev–Trinajstić information content (AvgIpc) is 2.78. The van der Waals surface area contributed by atoms with Crippen LogP contribution >= 0.6 is 0 Å². The van der Waals surface area contributed by atoms with E-state index in [1.807, 2.05) is 54.6 Å². The normalized spacial score (nSPS) is 23.2. The predicted octanol–water partition coefficient (Wildman–Crippen LogP) is 5.02. The van der Waals surface area contributed by atoms with Crippen molar-refractivity contribution in [3.63, 3.8) is 0 Å². The number of carbonyl (C=O) groups is 2. The van der Waals surface area contributed by atoms with Crippen molar-refractivity contribution in [1.82, 2.24) is 10.6 Å². The molecule has 2 aromatic rings. The summed E-state index contributed by atoms with van der Waals surface area (Å²) in [6.07, 6.45) is 3.95. The number of esters is 1. The number of hydrogen-bond acceptors (Lipinski definition) is 4. The Balaban J connectivity index is 1.48. The molecule has 0 radical (unpaired) electrons. The van der Waals surface area contributed by atoms with Gasteiger partial charge in [0.1, 0.15) is 18.5 Å². The molecule has 6 heteroatoms. The fraction of sp³-hybridized carbons (Fsp3) is 0.385. The molecule has 0 unspecified atom stereocenters. The molecule has 0 aromatic heterocycles. The zero-order valence-electron chi connectivity index (χ0n) is 18.6. The molecule has 0 saturated heterocycles. The zero-order valence-corrected chi connectivity index (χ0v) is 18.6.